The number of halogens is 3. The van der Waals surface area contributed by atoms with Crippen LogP contribution >= 0.6 is 0 Å². The van der Waals surface area contributed by atoms with Crippen molar-refractivity contribution in [3.05, 3.63) is 54.2 Å². The fourth-order valence-electron chi connectivity index (χ4n) is 2.42. The average Bonchev–Trinajstić information content (AvgIpc) is 2.86. The molecule has 0 saturated carbocycles. The number of ether oxygens (including phenoxy) is 1. The van der Waals surface area contributed by atoms with Gasteiger partial charge in [0.05, 0.1) is 7.11 Å². The maximum Gasteiger partial charge on any atom is 0.431 e. The molecule has 0 amide bonds. The van der Waals surface area contributed by atoms with Gasteiger partial charge < -0.3 is 9.72 Å². The molecule has 0 radical (unpaired) electrons. The monoisotopic (exact) mass is 291 g/mol. The summed E-state index contributed by atoms with van der Waals surface area (Å²) in [6.45, 7) is 0. The highest BCUT2D eigenvalue weighted by Gasteiger charge is 2.36. The van der Waals surface area contributed by atoms with Crippen molar-refractivity contribution in [3.8, 4) is 16.9 Å². The van der Waals surface area contributed by atoms with Crippen LogP contribution < -0.4 is 4.74 Å². The molecule has 0 fully saturated rings. The minimum atomic E-state index is -4.45. The van der Waals surface area contributed by atoms with E-state index in [1.54, 1.807) is 48.5 Å². The molecule has 0 aliphatic carbocycles. The van der Waals surface area contributed by atoms with Crippen molar-refractivity contribution in [3.63, 3.8) is 0 Å². The average molecular weight is 291 g/mol. The Labute approximate surface area is 119 Å². The first-order valence-corrected chi connectivity index (χ1v) is 6.33. The summed E-state index contributed by atoms with van der Waals surface area (Å²) in [6, 6.07) is 13.4. The molecule has 1 heterocycles. The van der Waals surface area contributed by atoms with E-state index in [1.807, 2.05) is 0 Å². The number of methoxy groups -OCH3 is 1. The van der Waals surface area contributed by atoms with E-state index < -0.39 is 11.9 Å². The molecule has 1 N–H and O–H groups in total. The maximum atomic E-state index is 13.3. The Morgan fingerprint density at radius 1 is 1.00 bits per heavy atom. The highest BCUT2D eigenvalue weighted by molar-refractivity contribution is 5.98. The Balaban J connectivity index is 2.37. The Hall–Kier alpha value is -2.43. The molecule has 108 valence electrons. The van der Waals surface area contributed by atoms with Crippen molar-refractivity contribution in [2.75, 3.05) is 7.11 Å². The molecule has 3 aromatic rings. The molecule has 1 aromatic heterocycles. The summed E-state index contributed by atoms with van der Waals surface area (Å²) in [4.78, 5) is 2.47. The lowest BCUT2D eigenvalue weighted by Crippen LogP contribution is -2.07. The van der Waals surface area contributed by atoms with Crippen LogP contribution in [0, 0.1) is 0 Å². The Bertz CT molecular complexity index is 775. The highest BCUT2D eigenvalue weighted by Crippen LogP contribution is 2.42. The van der Waals surface area contributed by atoms with Crippen LogP contribution in [0.3, 0.4) is 0 Å². The third-order valence-electron chi connectivity index (χ3n) is 3.35. The summed E-state index contributed by atoms with van der Waals surface area (Å²) in [5.74, 6) is 0.521. The summed E-state index contributed by atoms with van der Waals surface area (Å²) < 4.78 is 45.0. The fraction of sp³-hybridized carbons (Fsp3) is 0.125. The molecule has 5 heteroatoms. The molecule has 0 spiro atoms. The first-order valence-electron chi connectivity index (χ1n) is 6.33. The van der Waals surface area contributed by atoms with Gasteiger partial charge in [-0.1, -0.05) is 30.3 Å². The molecule has 2 nitrogen and oxygen atoms in total. The summed E-state index contributed by atoms with van der Waals surface area (Å²) in [5.41, 5.74) is 0.361. The van der Waals surface area contributed by atoms with Crippen molar-refractivity contribution >= 4 is 10.9 Å². The van der Waals surface area contributed by atoms with Gasteiger partial charge in [-0.3, -0.25) is 0 Å². The molecule has 21 heavy (non-hydrogen) atoms. The Morgan fingerprint density at radius 2 is 1.71 bits per heavy atom. The largest absolute Gasteiger partial charge is 0.497 e. The van der Waals surface area contributed by atoms with Gasteiger partial charge in [-0.15, -0.1) is 0 Å². The van der Waals surface area contributed by atoms with Crippen LogP contribution in [0.2, 0.25) is 0 Å². The summed E-state index contributed by atoms with van der Waals surface area (Å²) in [5, 5.41) is 0.493. The molecule has 2 aromatic carbocycles. The lowest BCUT2D eigenvalue weighted by Gasteiger charge is -2.08. The number of hydrogen-bond acceptors (Lipinski definition) is 1. The van der Waals surface area contributed by atoms with Gasteiger partial charge in [-0.25, -0.2) is 0 Å². The standard InChI is InChI=1S/C16H12F3NO/c1-21-11-7-8-13-12(9-11)14(10-5-3-2-4-6-10)15(20-13)16(17,18)19/h2-9,20H,1H3. The second-order valence-electron chi connectivity index (χ2n) is 4.65. The summed E-state index contributed by atoms with van der Waals surface area (Å²) in [7, 11) is 1.49. The van der Waals surface area contributed by atoms with Crippen molar-refractivity contribution in [2.24, 2.45) is 0 Å². The smallest absolute Gasteiger partial charge is 0.431 e. The molecular weight excluding hydrogens is 279 g/mol. The first kappa shape index (κ1) is 13.5. The molecule has 0 saturated heterocycles. The normalized spacial score (nSPS) is 11.8. The van der Waals surface area contributed by atoms with E-state index in [2.05, 4.69) is 4.98 Å². The number of hydrogen-bond donors (Lipinski definition) is 1. The van der Waals surface area contributed by atoms with E-state index in [0.717, 1.165) is 0 Å². The van der Waals surface area contributed by atoms with E-state index >= 15 is 0 Å². The molecule has 3 rings (SSSR count). The van der Waals surface area contributed by atoms with E-state index in [1.165, 1.54) is 7.11 Å². The minimum absolute atomic E-state index is 0.150. The van der Waals surface area contributed by atoms with Crippen LogP contribution in [0.5, 0.6) is 5.75 Å². The van der Waals surface area contributed by atoms with Gasteiger partial charge in [0.25, 0.3) is 0 Å². The number of fused-ring (bicyclic) bond motifs is 1. The van der Waals surface area contributed by atoms with E-state index in [9.17, 15) is 13.2 Å². The van der Waals surface area contributed by atoms with E-state index in [0.29, 0.717) is 22.2 Å². The SMILES string of the molecule is COc1ccc2[nH]c(C(F)(F)F)c(-c3ccccc3)c2c1. The molecule has 0 bridgehead atoms. The van der Waals surface area contributed by atoms with Gasteiger partial charge in [0.15, 0.2) is 0 Å². The van der Waals surface area contributed by atoms with Crippen LogP contribution in [-0.2, 0) is 6.18 Å². The summed E-state index contributed by atoms with van der Waals surface area (Å²) in [6.07, 6.45) is -4.45. The fourth-order valence-corrected chi connectivity index (χ4v) is 2.42. The molecule has 0 atom stereocenters. The number of benzene rings is 2. The number of aromatic amines is 1. The van der Waals surface area contributed by atoms with Crippen molar-refractivity contribution in [1.29, 1.82) is 0 Å². The van der Waals surface area contributed by atoms with Crippen LogP contribution in [0.15, 0.2) is 48.5 Å². The zero-order chi connectivity index (χ0) is 15.0. The van der Waals surface area contributed by atoms with E-state index in [-0.39, 0.29) is 5.56 Å². The van der Waals surface area contributed by atoms with Crippen molar-refractivity contribution in [2.45, 2.75) is 6.18 Å². The van der Waals surface area contributed by atoms with Crippen molar-refractivity contribution in [1.82, 2.24) is 4.98 Å². The quantitative estimate of drug-likeness (QED) is 0.716. The lowest BCUT2D eigenvalue weighted by molar-refractivity contribution is -0.140. The topological polar surface area (TPSA) is 25.0 Å². The number of H-pyrrole nitrogens is 1. The van der Waals surface area contributed by atoms with E-state index in [4.69, 9.17) is 4.74 Å². The van der Waals surface area contributed by atoms with Crippen molar-refractivity contribution < 1.29 is 17.9 Å². The van der Waals surface area contributed by atoms with Gasteiger partial charge in [-0.2, -0.15) is 13.2 Å². The van der Waals surface area contributed by atoms with Crippen LogP contribution in [-0.4, -0.2) is 12.1 Å². The summed E-state index contributed by atoms with van der Waals surface area (Å²) >= 11 is 0. The lowest BCUT2D eigenvalue weighted by atomic mass is 10.0. The first-order chi connectivity index (χ1) is 10.0. The third-order valence-corrected chi connectivity index (χ3v) is 3.35. The van der Waals surface area contributed by atoms with Gasteiger partial charge >= 0.3 is 6.18 Å². The zero-order valence-corrected chi connectivity index (χ0v) is 11.2. The predicted octanol–water partition coefficient (Wildman–Crippen LogP) is 4.86. The number of alkyl halides is 3. The van der Waals surface area contributed by atoms with Gasteiger partial charge in [0.2, 0.25) is 0 Å². The van der Waals surface area contributed by atoms with Gasteiger partial charge in [0, 0.05) is 16.5 Å². The molecule has 0 unspecified atom stereocenters. The van der Waals surface area contributed by atoms with Crippen LogP contribution in [0.4, 0.5) is 13.2 Å². The number of nitrogens with one attached hydrogen (secondary N) is 1. The zero-order valence-electron chi connectivity index (χ0n) is 11.2. The predicted molar refractivity (Wildman–Crippen MR) is 75.3 cm³/mol. The minimum Gasteiger partial charge on any atom is -0.497 e. The molecular formula is C16H12F3NO. The maximum absolute atomic E-state index is 13.3. The van der Waals surface area contributed by atoms with Gasteiger partial charge in [-0.05, 0) is 23.8 Å². The number of aromatic nitrogens is 1. The van der Waals surface area contributed by atoms with Crippen LogP contribution in [0.25, 0.3) is 22.0 Å². The second kappa shape index (κ2) is 4.84. The molecule has 0 aliphatic rings. The number of rotatable bonds is 2. The molecule has 0 aliphatic heterocycles. The Kier molecular flexibility index (Phi) is 3.12. The van der Waals surface area contributed by atoms with Gasteiger partial charge in [0.1, 0.15) is 11.4 Å². The third kappa shape index (κ3) is 2.35. The highest BCUT2D eigenvalue weighted by atomic mass is 19.4. The Morgan fingerprint density at radius 3 is 2.33 bits per heavy atom. The second-order valence-corrected chi connectivity index (χ2v) is 4.65. The van der Waals surface area contributed by atoms with Crippen LogP contribution in [0.1, 0.15) is 5.69 Å².